The van der Waals surface area contributed by atoms with E-state index in [1.165, 1.54) is 0 Å². The van der Waals surface area contributed by atoms with Crippen molar-refractivity contribution in [3.05, 3.63) is 60.3 Å². The third-order valence-corrected chi connectivity index (χ3v) is 5.65. The number of nitrogens with one attached hydrogen (secondary N) is 1. The molecule has 0 saturated heterocycles. The van der Waals surface area contributed by atoms with Crippen LogP contribution in [0, 0.1) is 11.3 Å². The summed E-state index contributed by atoms with van der Waals surface area (Å²) in [7, 11) is 0. The van der Waals surface area contributed by atoms with Crippen LogP contribution in [0.3, 0.4) is 0 Å². The number of carbonyl (C=O) groups is 2. The van der Waals surface area contributed by atoms with Gasteiger partial charge >= 0.3 is 0 Å². The third kappa shape index (κ3) is 4.92. The van der Waals surface area contributed by atoms with Crippen molar-refractivity contribution in [1.29, 1.82) is 0 Å². The Kier molecular flexibility index (Phi) is 6.22. The van der Waals surface area contributed by atoms with Crippen LogP contribution < -0.4 is 15.0 Å². The summed E-state index contributed by atoms with van der Waals surface area (Å²) in [6.45, 7) is 8.93. The number of fused-ring (bicyclic) bond motifs is 1. The normalized spacial score (nSPS) is 15.1. The number of carbonyl (C=O) groups excluding carboxylic acids is 2. The number of hydrogen-bond acceptors (Lipinski definition) is 5. The van der Waals surface area contributed by atoms with Crippen LogP contribution in [0.4, 0.5) is 11.4 Å². The molecule has 0 atom stereocenters. The molecule has 2 aromatic carbocycles. The molecule has 0 fully saturated rings. The van der Waals surface area contributed by atoms with Crippen LogP contribution in [-0.4, -0.2) is 30.1 Å². The molecule has 7 nitrogen and oxygen atoms in total. The topological polar surface area (TPSA) is 84.7 Å². The van der Waals surface area contributed by atoms with Crippen LogP contribution in [0.15, 0.2) is 59.1 Å². The number of anilines is 2. The fourth-order valence-corrected chi connectivity index (χ4v) is 3.65. The Labute approximate surface area is 193 Å². The average Bonchev–Trinajstić information content (AvgIpc) is 3.26. The largest absolute Gasteiger partial charge is 0.490 e. The molecule has 0 bridgehead atoms. The Morgan fingerprint density at radius 3 is 2.64 bits per heavy atom. The van der Waals surface area contributed by atoms with E-state index >= 15 is 0 Å². The summed E-state index contributed by atoms with van der Waals surface area (Å²) in [6, 6.07) is 16.4. The highest BCUT2D eigenvalue weighted by Gasteiger charge is 2.37. The van der Waals surface area contributed by atoms with Gasteiger partial charge in [0.25, 0.3) is 5.91 Å². The predicted octanol–water partition coefficient (Wildman–Crippen LogP) is 5.39. The monoisotopic (exact) mass is 447 g/mol. The SMILES string of the molecule is CC(C)CCN1C(=O)C(C)(C)COc2cc(NC(=O)c3cc(-c4ccccc4)on3)ccc21. The van der Waals surface area contributed by atoms with Crippen LogP contribution in [0.2, 0.25) is 0 Å². The summed E-state index contributed by atoms with van der Waals surface area (Å²) in [4.78, 5) is 27.7. The van der Waals surface area contributed by atoms with Gasteiger partial charge in [-0.1, -0.05) is 49.3 Å². The molecule has 4 rings (SSSR count). The maximum absolute atomic E-state index is 13.2. The van der Waals surface area contributed by atoms with E-state index in [4.69, 9.17) is 9.26 Å². The van der Waals surface area contributed by atoms with E-state index in [0.29, 0.717) is 29.7 Å². The minimum absolute atomic E-state index is 0.0368. The molecule has 3 aromatic rings. The minimum atomic E-state index is -0.645. The number of rotatable bonds is 6. The summed E-state index contributed by atoms with van der Waals surface area (Å²) in [5, 5.41) is 6.75. The van der Waals surface area contributed by atoms with Crippen LogP contribution in [0.1, 0.15) is 44.6 Å². The lowest BCUT2D eigenvalue weighted by atomic mass is 9.92. The fraction of sp³-hybridized carbons (Fsp3) is 0.346. The Hall–Kier alpha value is -3.61. The zero-order chi connectivity index (χ0) is 23.6. The summed E-state index contributed by atoms with van der Waals surface area (Å²) < 4.78 is 11.3. The van der Waals surface area contributed by atoms with Gasteiger partial charge in [0.15, 0.2) is 11.5 Å². The fourth-order valence-electron chi connectivity index (χ4n) is 3.65. The number of aromatic nitrogens is 1. The van der Waals surface area contributed by atoms with Gasteiger partial charge in [0.1, 0.15) is 12.4 Å². The molecule has 7 heteroatoms. The second kappa shape index (κ2) is 9.10. The molecule has 2 heterocycles. The first-order valence-corrected chi connectivity index (χ1v) is 11.2. The van der Waals surface area contributed by atoms with E-state index in [9.17, 15) is 9.59 Å². The van der Waals surface area contributed by atoms with Crippen LogP contribution in [0.25, 0.3) is 11.3 Å². The number of nitrogens with zero attached hydrogens (tertiary/aromatic N) is 2. The van der Waals surface area contributed by atoms with Crippen LogP contribution >= 0.6 is 0 Å². The Morgan fingerprint density at radius 2 is 1.91 bits per heavy atom. The first-order valence-electron chi connectivity index (χ1n) is 11.2. The molecule has 0 spiro atoms. The summed E-state index contributed by atoms with van der Waals surface area (Å²) >= 11 is 0. The molecule has 172 valence electrons. The lowest BCUT2D eigenvalue weighted by Crippen LogP contribution is -2.42. The lowest BCUT2D eigenvalue weighted by Gasteiger charge is -2.28. The molecule has 1 aliphatic rings. The van der Waals surface area contributed by atoms with E-state index < -0.39 is 5.41 Å². The number of amides is 2. The van der Waals surface area contributed by atoms with Crippen molar-refractivity contribution in [3.63, 3.8) is 0 Å². The highest BCUT2D eigenvalue weighted by atomic mass is 16.5. The maximum Gasteiger partial charge on any atom is 0.277 e. The van der Waals surface area contributed by atoms with E-state index in [0.717, 1.165) is 17.7 Å². The van der Waals surface area contributed by atoms with Crippen molar-refractivity contribution in [2.24, 2.45) is 11.3 Å². The van der Waals surface area contributed by atoms with Crippen molar-refractivity contribution in [2.75, 3.05) is 23.4 Å². The van der Waals surface area contributed by atoms with Crippen LogP contribution in [0.5, 0.6) is 5.75 Å². The number of ether oxygens (including phenoxy) is 1. The molecule has 0 aliphatic carbocycles. The van der Waals surface area contributed by atoms with Crippen molar-refractivity contribution in [3.8, 4) is 17.1 Å². The summed E-state index contributed by atoms with van der Waals surface area (Å²) in [5.41, 5.74) is 1.65. The van der Waals surface area contributed by atoms with Gasteiger partial charge in [-0.3, -0.25) is 9.59 Å². The standard InChI is InChI=1S/C26H29N3O4/c1-17(2)12-13-29-21-11-10-19(14-23(21)32-16-26(3,4)25(29)31)27-24(30)20-15-22(33-28-20)18-8-6-5-7-9-18/h5-11,14-15,17H,12-13,16H2,1-4H3,(H,27,30). The van der Waals surface area contributed by atoms with Crippen LogP contribution in [-0.2, 0) is 4.79 Å². The highest BCUT2D eigenvalue weighted by molar-refractivity contribution is 6.04. The van der Waals surface area contributed by atoms with E-state index in [1.807, 2.05) is 50.2 Å². The molecule has 0 radical (unpaired) electrons. The molecular weight excluding hydrogens is 418 g/mol. The summed E-state index contributed by atoms with van der Waals surface area (Å²) in [5.74, 6) is 1.21. The molecule has 0 unspecified atom stereocenters. The molecule has 2 amide bonds. The molecular formula is C26H29N3O4. The molecule has 1 aromatic heterocycles. The van der Waals surface area contributed by atoms with Crippen molar-refractivity contribution in [1.82, 2.24) is 5.16 Å². The molecule has 0 saturated carbocycles. The Bertz CT molecular complexity index is 1150. The highest BCUT2D eigenvalue weighted by Crippen LogP contribution is 2.38. The van der Waals surface area contributed by atoms with Crippen molar-refractivity contribution in [2.45, 2.75) is 34.1 Å². The minimum Gasteiger partial charge on any atom is -0.490 e. The van der Waals surface area contributed by atoms with Gasteiger partial charge in [-0.05, 0) is 38.3 Å². The van der Waals surface area contributed by atoms with Gasteiger partial charge in [-0.2, -0.15) is 0 Å². The van der Waals surface area contributed by atoms with E-state index in [-0.39, 0.29) is 24.1 Å². The molecule has 1 N–H and O–H groups in total. The van der Waals surface area contributed by atoms with Gasteiger partial charge in [0.2, 0.25) is 5.91 Å². The second-order valence-corrected chi connectivity index (χ2v) is 9.39. The Morgan fingerprint density at radius 1 is 1.15 bits per heavy atom. The summed E-state index contributed by atoms with van der Waals surface area (Å²) in [6.07, 6.45) is 0.885. The van der Waals surface area contributed by atoms with Crippen molar-refractivity contribution >= 4 is 23.2 Å². The smallest absolute Gasteiger partial charge is 0.277 e. The number of benzene rings is 2. The van der Waals surface area contributed by atoms with Gasteiger partial charge in [0, 0.05) is 29.9 Å². The van der Waals surface area contributed by atoms with Gasteiger partial charge in [-0.15, -0.1) is 0 Å². The van der Waals surface area contributed by atoms with Gasteiger partial charge < -0.3 is 19.5 Å². The van der Waals surface area contributed by atoms with Gasteiger partial charge in [0.05, 0.1) is 11.1 Å². The Balaban J connectivity index is 1.55. The average molecular weight is 448 g/mol. The van der Waals surface area contributed by atoms with E-state index in [1.54, 1.807) is 23.1 Å². The first kappa shape index (κ1) is 22.6. The first-order chi connectivity index (χ1) is 15.7. The molecule has 1 aliphatic heterocycles. The lowest BCUT2D eigenvalue weighted by molar-refractivity contribution is -0.127. The second-order valence-electron chi connectivity index (χ2n) is 9.39. The van der Waals surface area contributed by atoms with E-state index in [2.05, 4.69) is 24.3 Å². The third-order valence-electron chi connectivity index (χ3n) is 5.65. The quantitative estimate of drug-likeness (QED) is 0.547. The predicted molar refractivity (Wildman–Crippen MR) is 127 cm³/mol. The molecule has 33 heavy (non-hydrogen) atoms. The van der Waals surface area contributed by atoms with Crippen molar-refractivity contribution < 1.29 is 18.8 Å². The maximum atomic E-state index is 13.2. The van der Waals surface area contributed by atoms with Gasteiger partial charge in [-0.25, -0.2) is 0 Å². The zero-order valence-electron chi connectivity index (χ0n) is 19.4. The number of hydrogen-bond donors (Lipinski definition) is 1. The zero-order valence-corrected chi connectivity index (χ0v) is 19.4.